The number of nitrogens with zero attached hydrogens (tertiary/aromatic N) is 5. The molecule has 5 aromatic carbocycles. The van der Waals surface area contributed by atoms with Crippen molar-refractivity contribution >= 4 is 28.6 Å². The Balaban J connectivity index is 0.000000182. The van der Waals surface area contributed by atoms with Gasteiger partial charge in [-0.05, 0) is 59.5 Å². The first-order valence-electron chi connectivity index (χ1n) is 20.7. The predicted molar refractivity (Wildman–Crippen MR) is 236 cm³/mol. The van der Waals surface area contributed by atoms with E-state index in [-0.39, 0.29) is 18.3 Å². The highest BCUT2D eigenvalue weighted by Gasteiger charge is 2.27. The zero-order chi connectivity index (χ0) is 40.8. The lowest BCUT2D eigenvalue weighted by molar-refractivity contribution is -0.142. The zero-order valence-corrected chi connectivity index (χ0v) is 34.4. The highest BCUT2D eigenvalue weighted by atomic mass is 35.5. The second-order valence-electron chi connectivity index (χ2n) is 15.2. The molecule has 308 valence electrons. The quantitative estimate of drug-likeness (QED) is 0.105. The number of halogens is 1. The van der Waals surface area contributed by atoms with Gasteiger partial charge in [-0.2, -0.15) is 0 Å². The molecule has 1 atom stereocenters. The van der Waals surface area contributed by atoms with Crippen LogP contribution in [0.15, 0.2) is 144 Å². The van der Waals surface area contributed by atoms with Gasteiger partial charge in [0.2, 0.25) is 0 Å². The summed E-state index contributed by atoms with van der Waals surface area (Å²) < 4.78 is 7.02. The van der Waals surface area contributed by atoms with Crippen LogP contribution in [0, 0.1) is 0 Å². The molecule has 10 nitrogen and oxygen atoms in total. The van der Waals surface area contributed by atoms with Crippen LogP contribution in [0.2, 0.25) is 5.02 Å². The minimum Gasteiger partial charge on any atom is -0.480 e. The molecule has 0 saturated carbocycles. The van der Waals surface area contributed by atoms with E-state index >= 15 is 0 Å². The molecule has 0 bridgehead atoms. The lowest BCUT2D eigenvalue weighted by atomic mass is 9.96. The molecule has 3 heterocycles. The molecule has 11 heteroatoms. The van der Waals surface area contributed by atoms with Crippen molar-refractivity contribution < 1.29 is 14.6 Å². The van der Waals surface area contributed by atoms with E-state index in [4.69, 9.17) is 21.4 Å². The van der Waals surface area contributed by atoms with Crippen molar-refractivity contribution in [2.45, 2.75) is 25.0 Å². The summed E-state index contributed by atoms with van der Waals surface area (Å²) in [4.78, 5) is 35.7. The smallest absolute Gasteiger partial charge is 0.329 e. The maximum absolute atomic E-state index is 12.3. The summed E-state index contributed by atoms with van der Waals surface area (Å²) in [6.45, 7) is 10.7. The van der Waals surface area contributed by atoms with Crippen molar-refractivity contribution in [3.8, 4) is 0 Å². The van der Waals surface area contributed by atoms with Crippen molar-refractivity contribution in [1.82, 2.24) is 29.2 Å². The van der Waals surface area contributed by atoms with Gasteiger partial charge >= 0.3 is 11.7 Å². The lowest BCUT2D eigenvalue weighted by Gasteiger charge is -2.39. The number of carboxylic acid groups (broad SMARTS) is 1. The summed E-state index contributed by atoms with van der Waals surface area (Å²) in [7, 11) is 0. The molecule has 59 heavy (non-hydrogen) atoms. The Morgan fingerprint density at radius 1 is 0.593 bits per heavy atom. The normalized spacial score (nSPS) is 16.2. The molecule has 0 amide bonds. The van der Waals surface area contributed by atoms with Crippen LogP contribution in [0.5, 0.6) is 0 Å². The number of aromatic nitrogens is 2. The average molecular weight is 815 g/mol. The number of nitrogens with one attached hydrogen (secondary N) is 1. The Morgan fingerprint density at radius 2 is 1.05 bits per heavy atom. The number of aromatic amines is 1. The van der Waals surface area contributed by atoms with Gasteiger partial charge in [0.15, 0.2) is 0 Å². The highest BCUT2D eigenvalue weighted by Crippen LogP contribution is 2.31. The number of ether oxygens (including phenoxy) is 1. The topological polar surface area (TPSA) is 97.3 Å². The van der Waals surface area contributed by atoms with Gasteiger partial charge in [0.05, 0.1) is 29.7 Å². The summed E-state index contributed by atoms with van der Waals surface area (Å²) in [5.74, 6) is -0.923. The van der Waals surface area contributed by atoms with E-state index in [1.54, 1.807) is 0 Å². The fourth-order valence-corrected chi connectivity index (χ4v) is 8.53. The number of aryl methyl sites for hydroxylation is 1. The molecule has 0 aliphatic carbocycles. The van der Waals surface area contributed by atoms with Crippen LogP contribution >= 0.6 is 11.6 Å². The monoisotopic (exact) mass is 814 g/mol. The van der Waals surface area contributed by atoms with Gasteiger partial charge < -0.3 is 19.7 Å². The van der Waals surface area contributed by atoms with Crippen LogP contribution in [0.1, 0.15) is 40.8 Å². The maximum atomic E-state index is 12.3. The molecule has 2 N–H and O–H groups in total. The first kappa shape index (κ1) is 42.1. The largest absolute Gasteiger partial charge is 0.480 e. The fraction of sp³-hybridized carbons (Fsp3) is 0.333. The van der Waals surface area contributed by atoms with E-state index in [1.807, 2.05) is 47.0 Å². The molecule has 0 spiro atoms. The highest BCUT2D eigenvalue weighted by molar-refractivity contribution is 6.30. The molecule has 2 aliphatic heterocycles. The molecule has 1 unspecified atom stereocenters. The molecule has 2 fully saturated rings. The third kappa shape index (κ3) is 11.6. The number of H-pyrrole nitrogens is 1. The molecule has 2 aliphatic rings. The Hall–Kier alpha value is -5.07. The van der Waals surface area contributed by atoms with E-state index in [0.717, 1.165) is 94.5 Å². The molecular formula is C48H55ClN6O4. The van der Waals surface area contributed by atoms with Crippen molar-refractivity contribution in [3.05, 3.63) is 177 Å². The zero-order valence-electron chi connectivity index (χ0n) is 33.6. The number of carbonyl (C=O) groups is 1. The Kier molecular flexibility index (Phi) is 15.2. The van der Waals surface area contributed by atoms with Gasteiger partial charge in [-0.15, -0.1) is 0 Å². The van der Waals surface area contributed by atoms with Crippen molar-refractivity contribution in [1.29, 1.82) is 0 Å². The van der Waals surface area contributed by atoms with Crippen molar-refractivity contribution in [3.63, 3.8) is 0 Å². The van der Waals surface area contributed by atoms with E-state index in [9.17, 15) is 9.59 Å². The van der Waals surface area contributed by atoms with Crippen LogP contribution in [0.4, 0.5) is 0 Å². The number of carboxylic acids is 1. The van der Waals surface area contributed by atoms with Crippen LogP contribution < -0.4 is 5.69 Å². The maximum Gasteiger partial charge on any atom is 0.329 e. The number of hydrogen-bond donors (Lipinski definition) is 2. The SMILES string of the molecule is O=C(O)COCCN1CCN(C(c2ccccc2)c2ccc(Cl)cc2)CC1.O=c1[nH]c2ccccc2n1CCCN1CCN(C(c2ccccc2)c2ccccc2)CC1. The number of piperazine rings is 2. The summed E-state index contributed by atoms with van der Waals surface area (Å²) in [6, 6.07) is 48.7. The summed E-state index contributed by atoms with van der Waals surface area (Å²) in [5.41, 5.74) is 7.12. The molecule has 1 aromatic heterocycles. The molecular weight excluding hydrogens is 760 g/mol. The standard InChI is InChI=1S/C27H30N4O.C21H25ClN2O3/c32-27-28-24-14-7-8-15-25(24)31(27)17-9-16-29-18-20-30(21-19-29)26(22-10-3-1-4-11-22)23-12-5-2-6-13-23;22-19-8-6-18(7-9-19)21(17-4-2-1-3-5-17)24-12-10-23(11-13-24)14-15-27-16-20(25)26/h1-8,10-15,26H,9,16-21H2,(H,28,32);1-9,21H,10-16H2,(H,25,26). The van der Waals surface area contributed by atoms with Gasteiger partial charge in [-0.3, -0.25) is 19.3 Å². The number of para-hydroxylation sites is 2. The summed E-state index contributed by atoms with van der Waals surface area (Å²) in [6.07, 6.45) is 0.975. The summed E-state index contributed by atoms with van der Waals surface area (Å²) >= 11 is 6.08. The van der Waals surface area contributed by atoms with Gasteiger partial charge in [0, 0.05) is 70.5 Å². The van der Waals surface area contributed by atoms with E-state index in [0.29, 0.717) is 12.6 Å². The van der Waals surface area contributed by atoms with Crippen LogP contribution in [-0.4, -0.2) is 119 Å². The minimum absolute atomic E-state index is 0.00965. The number of rotatable bonds is 15. The summed E-state index contributed by atoms with van der Waals surface area (Å²) in [5, 5.41) is 9.37. The van der Waals surface area contributed by atoms with Crippen LogP contribution in [0.3, 0.4) is 0 Å². The van der Waals surface area contributed by atoms with E-state index in [1.165, 1.54) is 22.3 Å². The van der Waals surface area contributed by atoms with Gasteiger partial charge in [-0.25, -0.2) is 9.59 Å². The number of hydrogen-bond acceptors (Lipinski definition) is 7. The first-order valence-corrected chi connectivity index (χ1v) is 21.1. The van der Waals surface area contributed by atoms with Crippen molar-refractivity contribution in [2.75, 3.05) is 78.7 Å². The van der Waals surface area contributed by atoms with E-state index < -0.39 is 5.97 Å². The van der Waals surface area contributed by atoms with Crippen LogP contribution in [-0.2, 0) is 16.1 Å². The fourth-order valence-electron chi connectivity index (χ4n) is 8.40. The third-order valence-corrected chi connectivity index (χ3v) is 11.6. The number of aliphatic carboxylic acids is 1. The predicted octanol–water partition coefficient (Wildman–Crippen LogP) is 7.28. The second kappa shape index (κ2) is 21.3. The Bertz CT molecular complexity index is 2180. The van der Waals surface area contributed by atoms with Crippen LogP contribution in [0.25, 0.3) is 11.0 Å². The second-order valence-corrected chi connectivity index (χ2v) is 15.7. The molecule has 6 aromatic rings. The van der Waals surface area contributed by atoms with Crippen molar-refractivity contribution in [2.24, 2.45) is 0 Å². The molecule has 8 rings (SSSR count). The van der Waals surface area contributed by atoms with Gasteiger partial charge in [0.1, 0.15) is 6.61 Å². The minimum atomic E-state index is -0.923. The Labute approximate surface area is 352 Å². The first-order chi connectivity index (χ1) is 28.9. The van der Waals surface area contributed by atoms with Gasteiger partial charge in [-0.1, -0.05) is 127 Å². The number of fused-ring (bicyclic) bond motifs is 1. The molecule has 2 saturated heterocycles. The number of imidazole rings is 1. The molecule has 0 radical (unpaired) electrons. The average Bonchev–Trinajstić information content (AvgIpc) is 3.60. The third-order valence-electron chi connectivity index (χ3n) is 11.4. The lowest BCUT2D eigenvalue weighted by Crippen LogP contribution is -2.48. The Morgan fingerprint density at radius 3 is 1.56 bits per heavy atom. The van der Waals surface area contributed by atoms with Gasteiger partial charge in [0.25, 0.3) is 0 Å². The van der Waals surface area contributed by atoms with E-state index in [2.05, 4.69) is 122 Å². The number of benzene rings is 5.